The minimum absolute atomic E-state index is 0.0707. The van der Waals surface area contributed by atoms with Gasteiger partial charge in [-0.2, -0.15) is 0 Å². The van der Waals surface area contributed by atoms with Crippen LogP contribution in [-0.2, 0) is 10.0 Å². The van der Waals surface area contributed by atoms with Gasteiger partial charge in [0.2, 0.25) is 0 Å². The number of sulfonamides is 1. The molecule has 0 spiro atoms. The van der Waals surface area contributed by atoms with Gasteiger partial charge in [-0.25, -0.2) is 13.4 Å². The van der Waals surface area contributed by atoms with E-state index < -0.39 is 27.0 Å². The van der Waals surface area contributed by atoms with Crippen LogP contribution in [0.2, 0.25) is 0 Å². The Morgan fingerprint density at radius 3 is 2.36 bits per heavy atom. The second-order valence-electron chi connectivity index (χ2n) is 7.47. The molecule has 0 radical (unpaired) electrons. The number of anilines is 1. The number of ether oxygens (including phenoxy) is 1. The fourth-order valence-corrected chi connectivity index (χ4v) is 6.88. The molecule has 0 aliphatic carbocycles. The molecule has 2 N–H and O–H groups in total. The molecule has 0 fully saturated rings. The number of thiazole rings is 1. The van der Waals surface area contributed by atoms with E-state index in [1.54, 1.807) is 24.3 Å². The van der Waals surface area contributed by atoms with Gasteiger partial charge in [0.05, 0.1) is 20.8 Å². The summed E-state index contributed by atoms with van der Waals surface area (Å²) >= 11 is 2.56. The number of fused-ring (bicyclic) bond motifs is 2. The largest absolute Gasteiger partial charge is 0.573 e. The first-order chi connectivity index (χ1) is 17.1. The van der Waals surface area contributed by atoms with Gasteiger partial charge in [-0.1, -0.05) is 60.3 Å². The molecule has 36 heavy (non-hydrogen) atoms. The molecule has 4 aromatic carbocycles. The minimum atomic E-state index is -5.07. The molecule has 6 nitrogen and oxygen atoms in total. The molecule has 0 atom stereocenters. The van der Waals surface area contributed by atoms with E-state index >= 15 is 0 Å². The fourth-order valence-electron chi connectivity index (χ4n) is 3.57. The SMILES string of the molecule is O=S(=O)(Nc1cc(Sc2nc3ccccc3s2)c(O)c2ccccc12)c1ccccc1OC(F)(F)F. The molecule has 0 aliphatic heterocycles. The number of rotatable bonds is 6. The highest BCUT2D eigenvalue weighted by molar-refractivity contribution is 8.01. The summed E-state index contributed by atoms with van der Waals surface area (Å²) in [5.74, 6) is -0.928. The average molecular weight is 549 g/mol. The standard InChI is InChI=1S/C24H15F3N2O4S3/c25-24(26,27)33-18-10-4-6-12-21(18)36(31,32)29-17-13-20(22(30)15-8-2-1-7-14(15)17)35-23-28-16-9-3-5-11-19(16)34-23/h1-13,29-30H. The van der Waals surface area contributed by atoms with E-state index in [-0.39, 0.29) is 11.4 Å². The van der Waals surface area contributed by atoms with Crippen molar-refractivity contribution in [1.29, 1.82) is 0 Å². The summed E-state index contributed by atoms with van der Waals surface area (Å²) < 4.78 is 72.8. The van der Waals surface area contributed by atoms with E-state index in [4.69, 9.17) is 0 Å². The Morgan fingerprint density at radius 1 is 0.944 bits per heavy atom. The number of halogens is 3. The molecule has 0 bridgehead atoms. The van der Waals surface area contributed by atoms with Crippen molar-refractivity contribution in [2.45, 2.75) is 20.5 Å². The van der Waals surface area contributed by atoms with Crippen molar-refractivity contribution in [2.75, 3.05) is 4.72 Å². The molecule has 0 unspecified atom stereocenters. The van der Waals surface area contributed by atoms with Crippen LogP contribution in [0.3, 0.4) is 0 Å². The van der Waals surface area contributed by atoms with Gasteiger partial charge in [0.25, 0.3) is 10.0 Å². The first kappa shape index (κ1) is 24.2. The third-order valence-electron chi connectivity index (χ3n) is 5.06. The van der Waals surface area contributed by atoms with Gasteiger partial charge in [-0.05, 0) is 30.3 Å². The van der Waals surface area contributed by atoms with Gasteiger partial charge >= 0.3 is 6.36 Å². The maximum Gasteiger partial charge on any atom is 0.573 e. The molecule has 5 aromatic rings. The second kappa shape index (κ2) is 9.19. The second-order valence-corrected chi connectivity index (χ2v) is 11.4. The predicted molar refractivity (Wildman–Crippen MR) is 133 cm³/mol. The molecule has 0 saturated carbocycles. The third kappa shape index (κ3) is 4.92. The van der Waals surface area contributed by atoms with Gasteiger partial charge in [0.15, 0.2) is 4.34 Å². The highest BCUT2D eigenvalue weighted by Crippen LogP contribution is 2.45. The Bertz CT molecular complexity index is 1670. The number of phenols is 1. The smallest absolute Gasteiger partial charge is 0.506 e. The lowest BCUT2D eigenvalue weighted by atomic mass is 10.1. The van der Waals surface area contributed by atoms with Crippen LogP contribution in [0.25, 0.3) is 21.0 Å². The minimum Gasteiger partial charge on any atom is -0.506 e. The molecule has 5 rings (SSSR count). The van der Waals surface area contributed by atoms with E-state index in [2.05, 4.69) is 14.4 Å². The summed E-state index contributed by atoms with van der Waals surface area (Å²) in [6, 6.07) is 20.0. The van der Waals surface area contributed by atoms with Crippen LogP contribution in [-0.4, -0.2) is 24.9 Å². The summed E-state index contributed by atoms with van der Waals surface area (Å²) in [5.41, 5.74) is 0.862. The highest BCUT2D eigenvalue weighted by atomic mass is 32.2. The lowest BCUT2D eigenvalue weighted by Gasteiger charge is -2.16. The summed E-state index contributed by atoms with van der Waals surface area (Å²) in [5, 5.41) is 11.7. The van der Waals surface area contributed by atoms with Gasteiger partial charge in [-0.3, -0.25) is 4.72 Å². The van der Waals surface area contributed by atoms with Gasteiger partial charge in [0.1, 0.15) is 16.4 Å². The Balaban J connectivity index is 1.58. The van der Waals surface area contributed by atoms with Crippen molar-refractivity contribution >= 4 is 59.8 Å². The van der Waals surface area contributed by atoms with Crippen molar-refractivity contribution in [3.05, 3.63) is 78.9 Å². The van der Waals surface area contributed by atoms with Crippen LogP contribution in [0.4, 0.5) is 18.9 Å². The van der Waals surface area contributed by atoms with Gasteiger partial charge < -0.3 is 9.84 Å². The number of alkyl halides is 3. The predicted octanol–water partition coefficient (Wildman–Crippen LogP) is 7.01. The zero-order valence-corrected chi connectivity index (χ0v) is 20.4. The summed E-state index contributed by atoms with van der Waals surface area (Å²) in [7, 11) is -4.51. The number of nitrogens with zero attached hydrogens (tertiary/aromatic N) is 1. The molecule has 12 heteroatoms. The quantitative estimate of drug-likeness (QED) is 0.222. The number of hydrogen-bond acceptors (Lipinski definition) is 7. The number of hydrogen-bond donors (Lipinski definition) is 2. The van der Waals surface area contributed by atoms with Crippen molar-refractivity contribution < 1.29 is 31.4 Å². The molecule has 0 amide bonds. The van der Waals surface area contributed by atoms with Crippen LogP contribution >= 0.6 is 23.1 Å². The Morgan fingerprint density at radius 2 is 1.61 bits per heavy atom. The van der Waals surface area contributed by atoms with E-state index in [0.717, 1.165) is 34.1 Å². The number of aromatic nitrogens is 1. The van der Waals surface area contributed by atoms with Crippen LogP contribution in [0, 0.1) is 0 Å². The third-order valence-corrected chi connectivity index (χ3v) is 8.59. The lowest BCUT2D eigenvalue weighted by molar-refractivity contribution is -0.275. The van der Waals surface area contributed by atoms with E-state index in [0.29, 0.717) is 20.0 Å². The van der Waals surface area contributed by atoms with Crippen LogP contribution in [0.5, 0.6) is 11.5 Å². The zero-order valence-electron chi connectivity index (χ0n) is 18.0. The maximum atomic E-state index is 13.2. The lowest BCUT2D eigenvalue weighted by Crippen LogP contribution is -2.21. The molecular weight excluding hydrogens is 533 g/mol. The molecule has 1 aromatic heterocycles. The van der Waals surface area contributed by atoms with Crippen molar-refractivity contribution in [1.82, 2.24) is 4.98 Å². The maximum absolute atomic E-state index is 13.2. The van der Waals surface area contributed by atoms with E-state index in [1.807, 2.05) is 24.3 Å². The van der Waals surface area contributed by atoms with E-state index in [1.165, 1.54) is 29.5 Å². The number of benzene rings is 4. The van der Waals surface area contributed by atoms with Crippen LogP contribution in [0.1, 0.15) is 0 Å². The first-order valence-electron chi connectivity index (χ1n) is 10.3. The molecule has 0 aliphatic rings. The molecule has 184 valence electrons. The average Bonchev–Trinajstić information content (AvgIpc) is 3.23. The van der Waals surface area contributed by atoms with Gasteiger partial charge in [-0.15, -0.1) is 24.5 Å². The van der Waals surface area contributed by atoms with Crippen molar-refractivity contribution in [3.8, 4) is 11.5 Å². The number of phenolic OH excluding ortho intramolecular Hbond substituents is 1. The molecular formula is C24H15F3N2O4S3. The van der Waals surface area contributed by atoms with Gasteiger partial charge in [0, 0.05) is 10.8 Å². The van der Waals surface area contributed by atoms with Crippen LogP contribution in [0.15, 0.2) is 93.0 Å². The Kier molecular flexibility index (Phi) is 6.18. The summed E-state index contributed by atoms with van der Waals surface area (Å²) in [6.07, 6.45) is -5.07. The normalized spacial score (nSPS) is 12.2. The number of nitrogens with one attached hydrogen (secondary N) is 1. The Hall–Kier alpha value is -3.48. The number of para-hydroxylation sites is 2. The highest BCUT2D eigenvalue weighted by Gasteiger charge is 2.34. The Labute approximate surface area is 211 Å². The van der Waals surface area contributed by atoms with Crippen LogP contribution < -0.4 is 9.46 Å². The van der Waals surface area contributed by atoms with Crippen molar-refractivity contribution in [3.63, 3.8) is 0 Å². The summed E-state index contributed by atoms with van der Waals surface area (Å²) in [6.45, 7) is 0. The summed E-state index contributed by atoms with van der Waals surface area (Å²) in [4.78, 5) is 4.18. The van der Waals surface area contributed by atoms with E-state index in [9.17, 15) is 26.7 Å². The monoisotopic (exact) mass is 548 g/mol. The zero-order chi connectivity index (χ0) is 25.5. The topological polar surface area (TPSA) is 88.5 Å². The van der Waals surface area contributed by atoms with Crippen molar-refractivity contribution in [2.24, 2.45) is 0 Å². The molecule has 1 heterocycles. The fraction of sp³-hybridized carbons (Fsp3) is 0.0417. The number of aromatic hydroxyl groups is 1. The first-order valence-corrected chi connectivity index (χ1v) is 13.4. The molecule has 0 saturated heterocycles.